The van der Waals surface area contributed by atoms with E-state index in [1.807, 2.05) is 11.8 Å². The van der Waals surface area contributed by atoms with Gasteiger partial charge in [0.05, 0.1) is 0 Å². The molecule has 0 radical (unpaired) electrons. The Balaban J connectivity index is 2.09. The van der Waals surface area contributed by atoms with Crippen LogP contribution in [-0.2, 0) is 0 Å². The van der Waals surface area contributed by atoms with Gasteiger partial charge >= 0.3 is 0 Å². The predicted molar refractivity (Wildman–Crippen MR) is 67.0 cm³/mol. The van der Waals surface area contributed by atoms with E-state index in [1.165, 1.54) is 37.2 Å². The van der Waals surface area contributed by atoms with Gasteiger partial charge in [-0.25, -0.2) is 0 Å². The van der Waals surface area contributed by atoms with E-state index in [2.05, 4.69) is 25.2 Å². The summed E-state index contributed by atoms with van der Waals surface area (Å²) < 4.78 is 0. The average molecular weight is 213 g/mol. The van der Waals surface area contributed by atoms with Gasteiger partial charge in [0, 0.05) is 18.3 Å². The first-order valence-corrected chi connectivity index (χ1v) is 6.97. The van der Waals surface area contributed by atoms with Crippen LogP contribution in [0.2, 0.25) is 0 Å². The highest BCUT2D eigenvalue weighted by Gasteiger charge is 2.05. The molecule has 0 heterocycles. The number of thioether (sulfide) groups is 1. The van der Waals surface area contributed by atoms with Crippen LogP contribution in [0.3, 0.4) is 0 Å². The lowest BCUT2D eigenvalue weighted by Crippen LogP contribution is -2.30. The highest BCUT2D eigenvalue weighted by molar-refractivity contribution is 7.99. The fourth-order valence-electron chi connectivity index (χ4n) is 1.72. The number of allylic oxidation sites excluding steroid dienone is 1. The monoisotopic (exact) mass is 213 g/mol. The maximum atomic E-state index is 3.60. The van der Waals surface area contributed by atoms with Gasteiger partial charge in [0.25, 0.3) is 0 Å². The van der Waals surface area contributed by atoms with Crippen LogP contribution in [0.4, 0.5) is 0 Å². The van der Waals surface area contributed by atoms with Gasteiger partial charge in [-0.2, -0.15) is 11.8 Å². The molecule has 0 aliphatic heterocycles. The molecule has 1 atom stereocenters. The zero-order valence-corrected chi connectivity index (χ0v) is 10.3. The molecule has 82 valence electrons. The Morgan fingerprint density at radius 1 is 1.50 bits per heavy atom. The summed E-state index contributed by atoms with van der Waals surface area (Å²) in [5.41, 5.74) is 1.63. The second-order valence-corrected chi connectivity index (χ2v) is 5.37. The van der Waals surface area contributed by atoms with Gasteiger partial charge < -0.3 is 5.32 Å². The van der Waals surface area contributed by atoms with Crippen molar-refractivity contribution in [1.82, 2.24) is 5.32 Å². The van der Waals surface area contributed by atoms with E-state index in [9.17, 15) is 0 Å². The van der Waals surface area contributed by atoms with Crippen molar-refractivity contribution in [3.05, 3.63) is 11.6 Å². The first-order chi connectivity index (χ1) is 6.83. The molecule has 1 N–H and O–H groups in total. The molecule has 1 nitrogen and oxygen atoms in total. The second kappa shape index (κ2) is 7.36. The third kappa shape index (κ3) is 5.06. The molecule has 0 unspecified atom stereocenters. The van der Waals surface area contributed by atoms with Gasteiger partial charge in [0.1, 0.15) is 0 Å². The van der Waals surface area contributed by atoms with Crippen molar-refractivity contribution in [1.29, 1.82) is 0 Å². The van der Waals surface area contributed by atoms with Crippen molar-refractivity contribution in [2.24, 2.45) is 0 Å². The summed E-state index contributed by atoms with van der Waals surface area (Å²) in [5.74, 6) is 2.47. The SMILES string of the molecule is CCSC[C@@H](C)NCC1=CCCCC1. The minimum atomic E-state index is 0.655. The van der Waals surface area contributed by atoms with Crippen molar-refractivity contribution in [3.63, 3.8) is 0 Å². The second-order valence-electron chi connectivity index (χ2n) is 4.05. The number of hydrogen-bond acceptors (Lipinski definition) is 2. The summed E-state index contributed by atoms with van der Waals surface area (Å²) in [6.07, 6.45) is 7.84. The third-order valence-electron chi connectivity index (χ3n) is 2.63. The van der Waals surface area contributed by atoms with E-state index < -0.39 is 0 Å². The molecule has 0 saturated carbocycles. The largest absolute Gasteiger partial charge is 0.310 e. The molecule has 0 fully saturated rings. The molecular weight excluding hydrogens is 190 g/mol. The van der Waals surface area contributed by atoms with E-state index in [1.54, 1.807) is 5.57 Å². The van der Waals surface area contributed by atoms with Gasteiger partial charge in [-0.05, 0) is 38.4 Å². The molecule has 1 aliphatic rings. The Labute approximate surface area is 92.7 Å². The lowest BCUT2D eigenvalue weighted by molar-refractivity contribution is 0.596. The standard InChI is InChI=1S/C12H23NS/c1-3-14-10-11(2)13-9-12-7-5-4-6-8-12/h7,11,13H,3-6,8-10H2,1-2H3/t11-/m1/s1. The van der Waals surface area contributed by atoms with Gasteiger partial charge in [-0.15, -0.1) is 0 Å². The van der Waals surface area contributed by atoms with Crippen LogP contribution in [0.5, 0.6) is 0 Å². The first-order valence-electron chi connectivity index (χ1n) is 5.82. The van der Waals surface area contributed by atoms with Crippen molar-refractivity contribution in [2.45, 2.75) is 45.6 Å². The summed E-state index contributed by atoms with van der Waals surface area (Å²) in [7, 11) is 0. The average Bonchev–Trinajstić information content (AvgIpc) is 2.25. The smallest absolute Gasteiger partial charge is 0.0167 e. The first kappa shape index (κ1) is 12.1. The van der Waals surface area contributed by atoms with Crippen LogP contribution in [-0.4, -0.2) is 24.1 Å². The highest BCUT2D eigenvalue weighted by Crippen LogP contribution is 2.16. The van der Waals surface area contributed by atoms with Crippen molar-refractivity contribution in [3.8, 4) is 0 Å². The Kier molecular flexibility index (Phi) is 6.37. The van der Waals surface area contributed by atoms with Crippen molar-refractivity contribution >= 4 is 11.8 Å². The van der Waals surface area contributed by atoms with Crippen LogP contribution >= 0.6 is 11.8 Å². The van der Waals surface area contributed by atoms with Crippen molar-refractivity contribution in [2.75, 3.05) is 18.1 Å². The molecule has 1 aliphatic carbocycles. The lowest BCUT2D eigenvalue weighted by atomic mass is 9.99. The fourth-order valence-corrected chi connectivity index (χ4v) is 2.43. The van der Waals surface area contributed by atoms with Gasteiger partial charge in [0.2, 0.25) is 0 Å². The maximum Gasteiger partial charge on any atom is 0.0167 e. The molecule has 0 saturated heterocycles. The predicted octanol–water partition coefficient (Wildman–Crippen LogP) is 3.22. The van der Waals surface area contributed by atoms with Crippen LogP contribution in [0, 0.1) is 0 Å². The van der Waals surface area contributed by atoms with Gasteiger partial charge in [-0.3, -0.25) is 0 Å². The van der Waals surface area contributed by atoms with Crippen LogP contribution < -0.4 is 5.32 Å². The minimum absolute atomic E-state index is 0.655. The summed E-state index contributed by atoms with van der Waals surface area (Å²) in [6, 6.07) is 0.655. The van der Waals surface area contributed by atoms with E-state index in [0.717, 1.165) is 6.54 Å². The molecule has 0 spiro atoms. The van der Waals surface area contributed by atoms with E-state index in [-0.39, 0.29) is 0 Å². The van der Waals surface area contributed by atoms with Gasteiger partial charge in [-0.1, -0.05) is 18.6 Å². The normalized spacial score (nSPS) is 19.1. The molecule has 2 heteroatoms. The molecule has 0 bridgehead atoms. The zero-order valence-electron chi connectivity index (χ0n) is 9.51. The Morgan fingerprint density at radius 3 is 3.00 bits per heavy atom. The summed E-state index contributed by atoms with van der Waals surface area (Å²) in [5, 5.41) is 3.60. The molecule has 14 heavy (non-hydrogen) atoms. The van der Waals surface area contributed by atoms with Crippen LogP contribution in [0.25, 0.3) is 0 Å². The van der Waals surface area contributed by atoms with Crippen LogP contribution in [0.15, 0.2) is 11.6 Å². The molecule has 0 amide bonds. The highest BCUT2D eigenvalue weighted by atomic mass is 32.2. The van der Waals surface area contributed by atoms with Gasteiger partial charge in [0.15, 0.2) is 0 Å². The molecule has 0 aromatic heterocycles. The summed E-state index contributed by atoms with van der Waals surface area (Å²) in [4.78, 5) is 0. The number of hydrogen-bond donors (Lipinski definition) is 1. The lowest BCUT2D eigenvalue weighted by Gasteiger charge is -2.17. The van der Waals surface area contributed by atoms with E-state index >= 15 is 0 Å². The Morgan fingerprint density at radius 2 is 2.36 bits per heavy atom. The number of rotatable bonds is 6. The topological polar surface area (TPSA) is 12.0 Å². The third-order valence-corrected chi connectivity index (χ3v) is 3.78. The summed E-state index contributed by atoms with van der Waals surface area (Å²) >= 11 is 2.02. The van der Waals surface area contributed by atoms with Crippen LogP contribution in [0.1, 0.15) is 39.5 Å². The maximum absolute atomic E-state index is 3.60. The molecule has 1 rings (SSSR count). The quantitative estimate of drug-likeness (QED) is 0.680. The molecular formula is C12H23NS. The fraction of sp³-hybridized carbons (Fsp3) is 0.833. The Bertz CT molecular complexity index is 177. The molecule has 0 aromatic rings. The number of nitrogens with one attached hydrogen (secondary N) is 1. The molecule has 0 aromatic carbocycles. The minimum Gasteiger partial charge on any atom is -0.310 e. The summed E-state index contributed by atoms with van der Waals surface area (Å²) in [6.45, 7) is 5.62. The van der Waals surface area contributed by atoms with Crippen molar-refractivity contribution < 1.29 is 0 Å². The Hall–Kier alpha value is 0.0500. The zero-order chi connectivity index (χ0) is 10.2. The van der Waals surface area contributed by atoms with E-state index in [4.69, 9.17) is 0 Å². The van der Waals surface area contributed by atoms with E-state index in [0.29, 0.717) is 6.04 Å².